The molecule has 6 nitrogen and oxygen atoms in total. The maximum absolute atomic E-state index is 9.89. The average molecular weight is 268 g/mol. The molecule has 0 aliphatic heterocycles. The standard InChI is InChI=1S/C14H12N4O2/c15-11-3-1-2-10(13(11)19)14-17-12(18-20-14)8-9-4-6-16-7-5-9/h1-7,19H,8,15H2. The van der Waals surface area contributed by atoms with E-state index in [1.54, 1.807) is 30.6 Å². The molecule has 3 aromatic rings. The van der Waals surface area contributed by atoms with E-state index in [1.165, 1.54) is 0 Å². The van der Waals surface area contributed by atoms with Crippen molar-refractivity contribution in [3.63, 3.8) is 0 Å². The summed E-state index contributed by atoms with van der Waals surface area (Å²) in [4.78, 5) is 8.21. The van der Waals surface area contributed by atoms with Gasteiger partial charge in [0.25, 0.3) is 5.89 Å². The molecule has 0 saturated heterocycles. The minimum Gasteiger partial charge on any atom is -0.505 e. The van der Waals surface area contributed by atoms with Crippen molar-refractivity contribution in [1.82, 2.24) is 15.1 Å². The lowest BCUT2D eigenvalue weighted by Crippen LogP contribution is -1.91. The SMILES string of the molecule is Nc1cccc(-c2nc(Cc3ccncc3)no2)c1O. The molecule has 0 aliphatic carbocycles. The number of nitrogens with zero attached hydrogens (tertiary/aromatic N) is 3. The highest BCUT2D eigenvalue weighted by Gasteiger charge is 2.14. The summed E-state index contributed by atoms with van der Waals surface area (Å²) in [5, 5.41) is 13.8. The summed E-state index contributed by atoms with van der Waals surface area (Å²) in [6, 6.07) is 8.77. The van der Waals surface area contributed by atoms with Gasteiger partial charge in [0.2, 0.25) is 0 Å². The van der Waals surface area contributed by atoms with Gasteiger partial charge in [0, 0.05) is 18.8 Å². The van der Waals surface area contributed by atoms with Crippen LogP contribution in [0.5, 0.6) is 5.75 Å². The van der Waals surface area contributed by atoms with Gasteiger partial charge >= 0.3 is 0 Å². The van der Waals surface area contributed by atoms with Crippen LogP contribution in [0.2, 0.25) is 0 Å². The smallest absolute Gasteiger partial charge is 0.261 e. The van der Waals surface area contributed by atoms with Crippen molar-refractivity contribution in [2.45, 2.75) is 6.42 Å². The van der Waals surface area contributed by atoms with Gasteiger partial charge < -0.3 is 15.4 Å². The Balaban J connectivity index is 1.89. The average Bonchev–Trinajstić information content (AvgIpc) is 2.91. The zero-order valence-electron chi connectivity index (χ0n) is 10.5. The molecule has 0 spiro atoms. The number of pyridine rings is 1. The summed E-state index contributed by atoms with van der Waals surface area (Å²) in [5.74, 6) is 0.735. The summed E-state index contributed by atoms with van der Waals surface area (Å²) in [7, 11) is 0. The molecule has 0 saturated carbocycles. The third-order valence-electron chi connectivity index (χ3n) is 2.88. The maximum atomic E-state index is 9.89. The zero-order chi connectivity index (χ0) is 13.9. The van der Waals surface area contributed by atoms with Crippen LogP contribution in [-0.4, -0.2) is 20.2 Å². The highest BCUT2D eigenvalue weighted by molar-refractivity contribution is 5.71. The Hall–Kier alpha value is -2.89. The molecule has 0 radical (unpaired) electrons. The molecule has 1 aromatic carbocycles. The molecule has 20 heavy (non-hydrogen) atoms. The summed E-state index contributed by atoms with van der Waals surface area (Å²) in [6.45, 7) is 0. The number of hydrogen-bond acceptors (Lipinski definition) is 6. The topological polar surface area (TPSA) is 98.1 Å². The van der Waals surface area contributed by atoms with Crippen molar-refractivity contribution in [3.8, 4) is 17.2 Å². The fourth-order valence-corrected chi connectivity index (χ4v) is 1.85. The van der Waals surface area contributed by atoms with Crippen LogP contribution in [0.15, 0.2) is 47.2 Å². The predicted octanol–water partition coefficient (Wildman–Crippen LogP) is 2.01. The molecule has 2 aromatic heterocycles. The Morgan fingerprint density at radius 3 is 2.75 bits per heavy atom. The monoisotopic (exact) mass is 268 g/mol. The highest BCUT2D eigenvalue weighted by Crippen LogP contribution is 2.32. The van der Waals surface area contributed by atoms with Gasteiger partial charge in [-0.3, -0.25) is 4.98 Å². The molecule has 3 N–H and O–H groups in total. The van der Waals surface area contributed by atoms with Crippen molar-refractivity contribution >= 4 is 5.69 Å². The second-order valence-corrected chi connectivity index (χ2v) is 4.29. The second-order valence-electron chi connectivity index (χ2n) is 4.29. The summed E-state index contributed by atoms with van der Waals surface area (Å²) in [6.07, 6.45) is 3.95. The summed E-state index contributed by atoms with van der Waals surface area (Å²) >= 11 is 0. The number of rotatable bonds is 3. The first-order valence-corrected chi connectivity index (χ1v) is 6.03. The Morgan fingerprint density at radius 2 is 1.95 bits per heavy atom. The van der Waals surface area contributed by atoms with Gasteiger partial charge in [-0.05, 0) is 29.8 Å². The first kappa shape index (κ1) is 12.2. The van der Waals surface area contributed by atoms with Crippen LogP contribution in [0.4, 0.5) is 5.69 Å². The van der Waals surface area contributed by atoms with Crippen molar-refractivity contribution in [1.29, 1.82) is 0 Å². The lowest BCUT2D eigenvalue weighted by Gasteiger charge is -2.01. The molecule has 0 aliphatic rings. The number of phenolic OH excluding ortho intramolecular Hbond substituents is 1. The Kier molecular flexibility index (Phi) is 3.04. The molecule has 0 atom stereocenters. The number of aromatic hydroxyl groups is 1. The molecule has 3 rings (SSSR count). The van der Waals surface area contributed by atoms with Gasteiger partial charge in [-0.25, -0.2) is 0 Å². The van der Waals surface area contributed by atoms with Crippen LogP contribution in [0.25, 0.3) is 11.5 Å². The van der Waals surface area contributed by atoms with Crippen LogP contribution < -0.4 is 5.73 Å². The number of aromatic nitrogens is 3. The normalized spacial score (nSPS) is 10.6. The van der Waals surface area contributed by atoms with Crippen LogP contribution in [0.3, 0.4) is 0 Å². The van der Waals surface area contributed by atoms with Crippen LogP contribution in [-0.2, 0) is 6.42 Å². The van der Waals surface area contributed by atoms with E-state index in [9.17, 15) is 5.11 Å². The van der Waals surface area contributed by atoms with Gasteiger partial charge in [-0.15, -0.1) is 0 Å². The fourth-order valence-electron chi connectivity index (χ4n) is 1.85. The lowest BCUT2D eigenvalue weighted by atomic mass is 10.1. The molecule has 0 fully saturated rings. The largest absolute Gasteiger partial charge is 0.505 e. The first-order chi connectivity index (χ1) is 9.74. The van der Waals surface area contributed by atoms with E-state index in [-0.39, 0.29) is 17.3 Å². The van der Waals surface area contributed by atoms with Crippen LogP contribution >= 0.6 is 0 Å². The Morgan fingerprint density at radius 1 is 1.15 bits per heavy atom. The highest BCUT2D eigenvalue weighted by atomic mass is 16.5. The van der Waals surface area contributed by atoms with Gasteiger partial charge in [0.1, 0.15) is 0 Å². The van der Waals surface area contributed by atoms with Crippen LogP contribution in [0.1, 0.15) is 11.4 Å². The van der Waals surface area contributed by atoms with Gasteiger partial charge in [-0.2, -0.15) is 4.98 Å². The molecule has 0 unspecified atom stereocenters. The molecule has 0 bridgehead atoms. The van der Waals surface area contributed by atoms with Crippen molar-refractivity contribution in [3.05, 3.63) is 54.1 Å². The van der Waals surface area contributed by atoms with E-state index < -0.39 is 0 Å². The quantitative estimate of drug-likeness (QED) is 0.557. The number of anilines is 1. The summed E-state index contributed by atoms with van der Waals surface area (Å²) < 4.78 is 5.17. The van der Waals surface area contributed by atoms with E-state index in [0.717, 1.165) is 5.56 Å². The molecule has 6 heteroatoms. The first-order valence-electron chi connectivity index (χ1n) is 6.03. The third-order valence-corrected chi connectivity index (χ3v) is 2.88. The van der Waals surface area contributed by atoms with E-state index in [0.29, 0.717) is 17.8 Å². The minimum atomic E-state index is -0.0494. The Bertz CT molecular complexity index is 725. The van der Waals surface area contributed by atoms with Crippen molar-refractivity contribution in [2.24, 2.45) is 0 Å². The van der Waals surface area contributed by atoms with E-state index in [1.807, 2.05) is 12.1 Å². The fraction of sp³-hybridized carbons (Fsp3) is 0.0714. The van der Waals surface area contributed by atoms with Gasteiger partial charge in [0.05, 0.1) is 11.3 Å². The predicted molar refractivity (Wildman–Crippen MR) is 72.9 cm³/mol. The Labute approximate surface area is 114 Å². The van der Waals surface area contributed by atoms with Crippen LogP contribution in [0, 0.1) is 0 Å². The molecular weight excluding hydrogens is 256 g/mol. The van der Waals surface area contributed by atoms with Gasteiger partial charge in [0.15, 0.2) is 11.6 Å². The molecular formula is C14H12N4O2. The van der Waals surface area contributed by atoms with Gasteiger partial charge in [-0.1, -0.05) is 11.2 Å². The number of nitrogen functional groups attached to an aromatic ring is 1. The number of phenols is 1. The van der Waals surface area contributed by atoms with Crippen molar-refractivity contribution < 1.29 is 9.63 Å². The number of para-hydroxylation sites is 1. The molecule has 100 valence electrons. The lowest BCUT2D eigenvalue weighted by molar-refractivity contribution is 0.419. The van der Waals surface area contributed by atoms with Crippen molar-refractivity contribution in [2.75, 3.05) is 5.73 Å². The molecule has 0 amide bonds. The number of nitrogens with two attached hydrogens (primary N) is 1. The number of benzene rings is 1. The van der Waals surface area contributed by atoms with E-state index in [2.05, 4.69) is 15.1 Å². The minimum absolute atomic E-state index is 0.0494. The molecule has 2 heterocycles. The number of hydrogen-bond donors (Lipinski definition) is 2. The third kappa shape index (κ3) is 2.31. The van der Waals surface area contributed by atoms with E-state index in [4.69, 9.17) is 10.3 Å². The maximum Gasteiger partial charge on any atom is 0.261 e. The summed E-state index contributed by atoms with van der Waals surface area (Å²) in [5.41, 5.74) is 7.38. The second kappa shape index (κ2) is 5.00. The zero-order valence-corrected chi connectivity index (χ0v) is 10.5. The van der Waals surface area contributed by atoms with E-state index >= 15 is 0 Å².